The van der Waals surface area contributed by atoms with Crippen LogP contribution in [-0.2, 0) is 6.42 Å². The van der Waals surface area contributed by atoms with Crippen LogP contribution in [-0.4, -0.2) is 18.1 Å². The Morgan fingerprint density at radius 1 is 1.33 bits per heavy atom. The van der Waals surface area contributed by atoms with Gasteiger partial charge in [-0.1, -0.05) is 33.1 Å². The maximum Gasteiger partial charge on any atom is 0.0930 e. The van der Waals surface area contributed by atoms with Crippen LogP contribution in [0.3, 0.4) is 0 Å². The van der Waals surface area contributed by atoms with E-state index in [2.05, 4.69) is 29.5 Å². The third kappa shape index (κ3) is 4.06. The summed E-state index contributed by atoms with van der Waals surface area (Å²) in [5.41, 5.74) is 0.477. The molecule has 2 rings (SSSR count). The lowest BCUT2D eigenvalue weighted by Gasteiger charge is -2.37. The summed E-state index contributed by atoms with van der Waals surface area (Å²) in [4.78, 5) is 4.49. The maximum atomic E-state index is 4.49. The highest BCUT2D eigenvalue weighted by Gasteiger charge is 2.32. The molecule has 1 aliphatic rings. The molecule has 0 aromatic carbocycles. The Bertz CT molecular complexity index is 326. The second-order valence-electron chi connectivity index (χ2n) is 6.19. The molecule has 1 saturated carbocycles. The van der Waals surface area contributed by atoms with Crippen LogP contribution in [0.4, 0.5) is 0 Å². The predicted octanol–water partition coefficient (Wildman–Crippen LogP) is 3.88. The number of aromatic nitrogens is 1. The van der Waals surface area contributed by atoms with Gasteiger partial charge in [0, 0.05) is 24.5 Å². The van der Waals surface area contributed by atoms with Crippen molar-refractivity contribution in [2.75, 3.05) is 13.1 Å². The Balaban J connectivity index is 1.94. The summed E-state index contributed by atoms with van der Waals surface area (Å²) in [5, 5.41) is 7.11. The molecule has 3 heteroatoms. The van der Waals surface area contributed by atoms with Gasteiger partial charge in [-0.2, -0.15) is 0 Å². The molecule has 1 aliphatic carbocycles. The summed E-state index contributed by atoms with van der Waals surface area (Å²) in [6.07, 6.45) is 10.1. The Kier molecular flexibility index (Phi) is 5.19. The van der Waals surface area contributed by atoms with Gasteiger partial charge in [-0.15, -0.1) is 11.3 Å². The molecule has 2 nitrogen and oxygen atoms in total. The first-order valence-electron chi connectivity index (χ1n) is 7.29. The van der Waals surface area contributed by atoms with Crippen molar-refractivity contribution < 1.29 is 0 Å². The summed E-state index contributed by atoms with van der Waals surface area (Å²) >= 11 is 1.82. The van der Waals surface area contributed by atoms with E-state index in [9.17, 15) is 0 Å². The molecule has 1 aromatic heterocycles. The number of hydrogen-bond donors (Lipinski definition) is 1. The molecule has 1 aromatic rings. The lowest BCUT2D eigenvalue weighted by atomic mass is 9.72. The van der Waals surface area contributed by atoms with Crippen molar-refractivity contribution in [1.29, 1.82) is 0 Å². The second-order valence-corrected chi connectivity index (χ2v) is 7.17. The molecule has 0 amide bonds. The van der Waals surface area contributed by atoms with Gasteiger partial charge in [0.25, 0.3) is 0 Å². The van der Waals surface area contributed by atoms with E-state index < -0.39 is 0 Å². The highest BCUT2D eigenvalue weighted by Crippen LogP contribution is 2.39. The van der Waals surface area contributed by atoms with Crippen LogP contribution in [0.5, 0.6) is 0 Å². The smallest absolute Gasteiger partial charge is 0.0930 e. The standard InChI is InChI=1S/C15H26N2S/c1-13(2)11-16-12-15(6-4-3-5-7-15)10-14-17-8-9-18-14/h8-9,13,16H,3-7,10-12H2,1-2H3. The van der Waals surface area contributed by atoms with E-state index in [1.165, 1.54) is 50.1 Å². The molecular formula is C15H26N2S. The molecule has 18 heavy (non-hydrogen) atoms. The monoisotopic (exact) mass is 266 g/mol. The minimum absolute atomic E-state index is 0.477. The normalized spacial score (nSPS) is 19.3. The highest BCUT2D eigenvalue weighted by atomic mass is 32.1. The van der Waals surface area contributed by atoms with Crippen molar-refractivity contribution >= 4 is 11.3 Å². The summed E-state index contributed by atoms with van der Waals surface area (Å²) in [6.45, 7) is 6.87. The molecule has 0 unspecified atom stereocenters. The van der Waals surface area contributed by atoms with Crippen LogP contribution in [0.25, 0.3) is 0 Å². The Morgan fingerprint density at radius 2 is 2.11 bits per heavy atom. The van der Waals surface area contributed by atoms with E-state index in [0.717, 1.165) is 12.5 Å². The lowest BCUT2D eigenvalue weighted by Crippen LogP contribution is -2.39. The van der Waals surface area contributed by atoms with Gasteiger partial charge in [0.2, 0.25) is 0 Å². The summed E-state index contributed by atoms with van der Waals surface area (Å²) in [7, 11) is 0. The molecule has 0 radical (unpaired) electrons. The SMILES string of the molecule is CC(C)CNCC1(Cc2nccs2)CCCCC1. The zero-order valence-corrected chi connectivity index (χ0v) is 12.6. The quantitative estimate of drug-likeness (QED) is 0.845. The van der Waals surface area contributed by atoms with Gasteiger partial charge in [-0.3, -0.25) is 0 Å². The summed E-state index contributed by atoms with van der Waals surface area (Å²) < 4.78 is 0. The molecule has 0 bridgehead atoms. The van der Waals surface area contributed by atoms with Crippen molar-refractivity contribution in [3.8, 4) is 0 Å². The van der Waals surface area contributed by atoms with E-state index in [1.807, 2.05) is 17.5 Å². The fourth-order valence-corrected chi connectivity index (χ4v) is 3.79. The molecule has 102 valence electrons. The number of nitrogens with zero attached hydrogens (tertiary/aromatic N) is 1. The molecule has 0 aliphatic heterocycles. The molecular weight excluding hydrogens is 240 g/mol. The molecule has 1 fully saturated rings. The Hall–Kier alpha value is -0.410. The van der Waals surface area contributed by atoms with Crippen molar-refractivity contribution in [2.45, 2.75) is 52.4 Å². The Morgan fingerprint density at radius 3 is 2.72 bits per heavy atom. The number of nitrogens with one attached hydrogen (secondary N) is 1. The zero-order chi connectivity index (χ0) is 12.8. The van der Waals surface area contributed by atoms with E-state index in [-0.39, 0.29) is 0 Å². The first-order valence-corrected chi connectivity index (χ1v) is 8.17. The first-order chi connectivity index (χ1) is 8.70. The van der Waals surface area contributed by atoms with Crippen LogP contribution in [0.15, 0.2) is 11.6 Å². The lowest BCUT2D eigenvalue weighted by molar-refractivity contribution is 0.179. The van der Waals surface area contributed by atoms with Gasteiger partial charge in [-0.25, -0.2) is 4.98 Å². The third-order valence-electron chi connectivity index (χ3n) is 3.98. The second kappa shape index (κ2) is 6.67. The van der Waals surface area contributed by atoms with Crippen LogP contribution < -0.4 is 5.32 Å². The van der Waals surface area contributed by atoms with Crippen molar-refractivity contribution in [3.63, 3.8) is 0 Å². The maximum absolute atomic E-state index is 4.49. The largest absolute Gasteiger partial charge is 0.316 e. The average molecular weight is 266 g/mol. The number of hydrogen-bond acceptors (Lipinski definition) is 3. The molecule has 1 N–H and O–H groups in total. The Labute approximate surface area is 115 Å². The number of thiazole rings is 1. The van der Waals surface area contributed by atoms with E-state index in [0.29, 0.717) is 5.41 Å². The average Bonchev–Trinajstić information content (AvgIpc) is 2.82. The molecule has 0 saturated heterocycles. The highest BCUT2D eigenvalue weighted by molar-refractivity contribution is 7.09. The van der Waals surface area contributed by atoms with Crippen LogP contribution in [0, 0.1) is 11.3 Å². The van der Waals surface area contributed by atoms with E-state index in [1.54, 1.807) is 0 Å². The van der Waals surface area contributed by atoms with Gasteiger partial charge in [0.15, 0.2) is 0 Å². The molecule has 0 atom stereocenters. The summed E-state index contributed by atoms with van der Waals surface area (Å²) in [6, 6.07) is 0. The predicted molar refractivity (Wildman–Crippen MR) is 79.0 cm³/mol. The fourth-order valence-electron chi connectivity index (χ4n) is 3.00. The van der Waals surface area contributed by atoms with Crippen LogP contribution in [0.1, 0.15) is 51.0 Å². The third-order valence-corrected chi connectivity index (χ3v) is 4.76. The van der Waals surface area contributed by atoms with Crippen molar-refractivity contribution in [2.24, 2.45) is 11.3 Å². The van der Waals surface area contributed by atoms with Crippen LogP contribution in [0.2, 0.25) is 0 Å². The molecule has 1 heterocycles. The van der Waals surface area contributed by atoms with Gasteiger partial charge < -0.3 is 5.32 Å². The minimum atomic E-state index is 0.477. The fraction of sp³-hybridized carbons (Fsp3) is 0.800. The van der Waals surface area contributed by atoms with Crippen molar-refractivity contribution in [3.05, 3.63) is 16.6 Å². The van der Waals surface area contributed by atoms with Crippen LogP contribution >= 0.6 is 11.3 Å². The first kappa shape index (κ1) is 14.0. The topological polar surface area (TPSA) is 24.9 Å². The van der Waals surface area contributed by atoms with Gasteiger partial charge >= 0.3 is 0 Å². The zero-order valence-electron chi connectivity index (χ0n) is 11.7. The van der Waals surface area contributed by atoms with E-state index in [4.69, 9.17) is 0 Å². The molecule has 0 spiro atoms. The summed E-state index contributed by atoms with van der Waals surface area (Å²) in [5.74, 6) is 0.741. The van der Waals surface area contributed by atoms with E-state index >= 15 is 0 Å². The minimum Gasteiger partial charge on any atom is -0.316 e. The van der Waals surface area contributed by atoms with Crippen molar-refractivity contribution in [1.82, 2.24) is 10.3 Å². The van der Waals surface area contributed by atoms with Gasteiger partial charge in [0.05, 0.1) is 5.01 Å². The number of rotatable bonds is 6. The van der Waals surface area contributed by atoms with Gasteiger partial charge in [-0.05, 0) is 30.7 Å². The van der Waals surface area contributed by atoms with Gasteiger partial charge in [0.1, 0.15) is 0 Å².